The van der Waals surface area contributed by atoms with E-state index in [9.17, 15) is 62.6 Å². The van der Waals surface area contributed by atoms with Crippen molar-refractivity contribution in [1.82, 2.24) is 97.9 Å². The number of aliphatic hydroxyl groups excluding tert-OH is 1. The van der Waals surface area contributed by atoms with Crippen LogP contribution in [-0.4, -0.2) is 302 Å². The van der Waals surface area contributed by atoms with E-state index in [1.165, 1.54) is 68.8 Å². The molecule has 3 aromatic heterocycles. The smallest absolute Gasteiger partial charge is 0.246 e. The number of carbonyl (C=O) groups excluding carboxylic acids is 17. The number of H-pyrrole nitrogens is 2. The number of hydrogen-bond acceptors (Lipinski definition) is 22. The molecule has 133 heavy (non-hydrogen) atoms. The standard InChI is InChI=1S/C90H127N23O18S2/c1-10-12-29-69-83(125)102-60(28-21-35-96-90(93)94)79(121)108-68(78(120)98-44-74(92)116)48-132-49-76(118)101-64(37-53-23-15-14-16-24-53)86(128)110(7)52(5)77(119)105-66(41-73(91)115)88(130)113-36-22-31-70(113)84(126)104-63(40-56-43-95-50-99-56)81(123)103-61(34-33-51(3)4)85(127)109(6)45-75(117)100-62(38-54-42-97-59-27-19-17-25-57(54)59)80(122)107-67(46-114)82(124)106-65(39-55-47-133-72-32-20-18-26-58(55)72)87(129)112(9)71(30-13-11-2)89(131)111(69)8/h14-20,23-27,32,42-43,47,50-52,60-71,97,114H,10-13,21-22,28-31,33-41,44-46,48-49H2,1-9H3,(H2,91,115)(H2,92,116)(H,95,99)(H,98,120)(H,100,117)(H,101,118)(H,102,125)(H,103,123)(H,104,126)(H,105,119)(H,106,124)(H,107,122)(H,108,121)(H4,93,94,96)/t52-,60-,61-,62-,63-,64-,65-,66-,67-,68-,69-,70-,71-/m0/s1. The molecule has 722 valence electrons. The lowest BCUT2D eigenvalue weighted by Crippen LogP contribution is -2.61. The highest BCUT2D eigenvalue weighted by atomic mass is 32.2. The summed E-state index contributed by atoms with van der Waals surface area (Å²) in [5.74, 6) is -16.7. The number of aromatic amines is 2. The van der Waals surface area contributed by atoms with Crippen LogP contribution in [0.15, 0.2) is 103 Å². The van der Waals surface area contributed by atoms with Crippen molar-refractivity contribution < 1.29 is 86.6 Å². The Kier molecular flexibility index (Phi) is 40.9. The van der Waals surface area contributed by atoms with Crippen molar-refractivity contribution in [1.29, 1.82) is 5.41 Å². The molecule has 3 aromatic carbocycles. The van der Waals surface area contributed by atoms with Crippen LogP contribution < -0.4 is 75.7 Å². The maximum absolute atomic E-state index is 15.7. The molecule has 0 saturated carbocycles. The van der Waals surface area contributed by atoms with Gasteiger partial charge >= 0.3 is 0 Å². The highest BCUT2D eigenvalue weighted by Gasteiger charge is 2.44. The van der Waals surface area contributed by atoms with Crippen LogP contribution in [0.1, 0.15) is 140 Å². The molecule has 6 aromatic rings. The first-order valence-corrected chi connectivity index (χ1v) is 46.6. The Morgan fingerprint density at radius 2 is 1.14 bits per heavy atom. The third-order valence-electron chi connectivity index (χ3n) is 23.4. The summed E-state index contributed by atoms with van der Waals surface area (Å²) < 4.78 is 0.827. The molecular weight excluding hydrogens is 1760 g/mol. The number of likely N-dealkylation sites (N-methyl/N-ethyl adjacent to an activating group) is 4. The number of amides is 17. The lowest BCUT2D eigenvalue weighted by Gasteiger charge is -2.36. The number of thioether (sulfide) groups is 1. The number of nitrogens with zero attached hydrogens (tertiary/aromatic N) is 6. The van der Waals surface area contributed by atoms with Crippen LogP contribution in [0.2, 0.25) is 0 Å². The fourth-order valence-electron chi connectivity index (χ4n) is 15.8. The number of nitrogens with one attached hydrogen (secondary N) is 14. The fourth-order valence-corrected chi connectivity index (χ4v) is 17.6. The number of aromatic nitrogens is 3. The minimum atomic E-state index is -1.84. The number of carbonyl (C=O) groups is 17. The molecule has 0 spiro atoms. The van der Waals surface area contributed by atoms with Crippen molar-refractivity contribution in [2.75, 3.05) is 72.5 Å². The number of nitrogens with two attached hydrogens (primary N) is 3. The monoisotopic (exact) mass is 1880 g/mol. The lowest BCUT2D eigenvalue weighted by molar-refractivity contribution is -0.149. The van der Waals surface area contributed by atoms with Crippen LogP contribution in [0, 0.1) is 11.3 Å². The fraction of sp³-hybridized carbons (Fsp3) is 0.522. The zero-order valence-corrected chi connectivity index (χ0v) is 78.1. The van der Waals surface area contributed by atoms with Crippen molar-refractivity contribution in [2.24, 2.45) is 23.1 Å². The van der Waals surface area contributed by atoms with E-state index in [0.717, 1.165) is 36.5 Å². The SMILES string of the molecule is CCCC[C@H]1C(=O)N(C)[C@@H](CCCC)C(=O)N[C@@H](CCCNC(=N)N)C(=O)N[C@H](C(=O)NCC(N)=O)CSCC(=O)N[C@@H](Cc2ccccc2)C(=O)N(C)[C@@H](C)C(=O)N[C@@H](CC(N)=O)C(=O)N2CCC[C@H]2C(=O)N[C@@H](Cc2cnc[nH]2)C(=O)N[C@@H](CCC(C)C)C(=O)N(C)CC(=O)N[C@@H](Cc2c[nH]c3ccccc23)C(=O)N[C@@H](CO)C(=O)N[C@@H](Cc2csc3ccccc23)C(=O)N1C. The Balaban J connectivity index is 1.18. The van der Waals surface area contributed by atoms with Gasteiger partial charge in [0.15, 0.2) is 5.96 Å². The average Bonchev–Trinajstić information content (AvgIpc) is 1.52. The summed E-state index contributed by atoms with van der Waals surface area (Å²) >= 11 is 2.16. The third kappa shape index (κ3) is 31.0. The van der Waals surface area contributed by atoms with E-state index < -0.39 is 223 Å². The second-order valence-corrected chi connectivity index (χ2v) is 35.8. The first-order chi connectivity index (χ1) is 63.4. The van der Waals surface area contributed by atoms with Gasteiger partial charge in [0.25, 0.3) is 0 Å². The van der Waals surface area contributed by atoms with Crippen molar-refractivity contribution in [3.63, 3.8) is 0 Å². The van der Waals surface area contributed by atoms with Gasteiger partial charge in [-0.25, -0.2) is 4.98 Å². The molecule has 0 unspecified atom stereocenters. The van der Waals surface area contributed by atoms with Gasteiger partial charge in [0.1, 0.15) is 78.5 Å². The molecule has 13 atom stereocenters. The number of guanidine groups is 1. The molecule has 17 amide bonds. The normalized spacial score (nSPS) is 23.4. The van der Waals surface area contributed by atoms with E-state index in [2.05, 4.69) is 73.4 Å². The van der Waals surface area contributed by atoms with Gasteiger partial charge in [-0.3, -0.25) is 86.9 Å². The molecule has 0 bridgehead atoms. The molecule has 43 heteroatoms. The number of thiophene rings is 1. The number of imidazole rings is 1. The minimum Gasteiger partial charge on any atom is -0.394 e. The topological polar surface area (TPSA) is 605 Å². The van der Waals surface area contributed by atoms with E-state index in [-0.39, 0.29) is 89.6 Å². The van der Waals surface area contributed by atoms with E-state index in [1.54, 1.807) is 72.2 Å². The maximum atomic E-state index is 15.7. The Hall–Kier alpha value is -13.1. The molecule has 2 aliphatic heterocycles. The Bertz CT molecular complexity index is 5070. The Labute approximate surface area is 779 Å². The predicted octanol–water partition coefficient (Wildman–Crippen LogP) is -1.01. The summed E-state index contributed by atoms with van der Waals surface area (Å²) in [6, 6.07) is 3.21. The van der Waals surface area contributed by atoms with Crippen molar-refractivity contribution in [3.05, 3.63) is 125 Å². The summed E-state index contributed by atoms with van der Waals surface area (Å²) in [7, 11) is 5.28. The number of rotatable bonds is 27. The average molecular weight is 1880 g/mol. The minimum absolute atomic E-state index is 0.00175. The van der Waals surface area contributed by atoms with Gasteiger partial charge in [-0.2, -0.15) is 0 Å². The van der Waals surface area contributed by atoms with Crippen LogP contribution in [-0.2, 0) is 107 Å². The molecule has 2 aliphatic rings. The molecule has 8 rings (SSSR count). The highest BCUT2D eigenvalue weighted by Crippen LogP contribution is 2.29. The predicted molar refractivity (Wildman–Crippen MR) is 498 cm³/mol. The molecule has 2 saturated heterocycles. The quantitative estimate of drug-likeness (QED) is 0.0167. The number of aliphatic hydroxyl groups is 1. The summed E-state index contributed by atoms with van der Waals surface area (Å²) in [6.45, 7) is 6.18. The summed E-state index contributed by atoms with van der Waals surface area (Å²) in [5.41, 5.74) is 19.5. The van der Waals surface area contributed by atoms with Crippen LogP contribution in [0.5, 0.6) is 0 Å². The second-order valence-electron chi connectivity index (χ2n) is 33.9. The number of primary amides is 2. The van der Waals surface area contributed by atoms with Gasteiger partial charge in [-0.1, -0.05) is 120 Å². The van der Waals surface area contributed by atoms with Crippen molar-refractivity contribution >= 4 is 150 Å². The van der Waals surface area contributed by atoms with Gasteiger partial charge in [0.2, 0.25) is 100 Å². The summed E-state index contributed by atoms with van der Waals surface area (Å²) in [4.78, 5) is 264. The zero-order chi connectivity index (χ0) is 97.3. The molecule has 2 fully saturated rings. The van der Waals surface area contributed by atoms with Crippen LogP contribution in [0.25, 0.3) is 21.0 Å². The van der Waals surface area contributed by atoms with Crippen LogP contribution in [0.3, 0.4) is 0 Å². The molecular formula is C90H127N23O18S2. The van der Waals surface area contributed by atoms with E-state index >= 15 is 24.0 Å². The number of benzene rings is 3. The van der Waals surface area contributed by atoms with E-state index in [1.807, 2.05) is 45.9 Å². The molecule has 41 nitrogen and oxygen atoms in total. The van der Waals surface area contributed by atoms with E-state index in [0.29, 0.717) is 65.4 Å². The number of para-hydroxylation sites is 1. The number of unbranched alkanes of at least 4 members (excludes halogenated alkanes) is 2. The summed E-state index contributed by atoms with van der Waals surface area (Å²) in [6.07, 6.45) is 4.86. The largest absolute Gasteiger partial charge is 0.394 e. The lowest BCUT2D eigenvalue weighted by atomic mass is 10.00. The molecule has 0 radical (unpaired) electrons. The van der Waals surface area contributed by atoms with Crippen molar-refractivity contribution in [2.45, 2.75) is 222 Å². The number of fused-ring (bicyclic) bond motifs is 3. The summed E-state index contributed by atoms with van der Waals surface area (Å²) in [5, 5.41) is 51.4. The highest BCUT2D eigenvalue weighted by molar-refractivity contribution is 8.00. The number of hydrogen-bond donors (Lipinski definition) is 18. The first-order valence-electron chi connectivity index (χ1n) is 44.6. The Morgan fingerprint density at radius 3 is 1.80 bits per heavy atom. The van der Waals surface area contributed by atoms with Crippen LogP contribution in [0.4, 0.5) is 0 Å². The maximum Gasteiger partial charge on any atom is 0.246 e. The van der Waals surface area contributed by atoms with Crippen LogP contribution >= 0.6 is 23.1 Å². The zero-order valence-electron chi connectivity index (χ0n) is 76.5. The third-order valence-corrected chi connectivity index (χ3v) is 25.4. The van der Waals surface area contributed by atoms with Gasteiger partial charge in [-0.05, 0) is 104 Å². The van der Waals surface area contributed by atoms with Gasteiger partial charge < -0.3 is 115 Å². The van der Waals surface area contributed by atoms with Crippen molar-refractivity contribution in [3.8, 4) is 0 Å². The second kappa shape index (κ2) is 51.7. The Morgan fingerprint density at radius 1 is 0.556 bits per heavy atom. The van der Waals surface area contributed by atoms with Gasteiger partial charge in [0.05, 0.1) is 38.2 Å². The molecule has 21 N–H and O–H groups in total. The van der Waals surface area contributed by atoms with Gasteiger partial charge in [0, 0.05) is 106 Å². The molecule has 5 heterocycles. The van der Waals surface area contributed by atoms with Gasteiger partial charge in [-0.15, -0.1) is 23.1 Å². The first kappa shape index (κ1) is 105. The molecule has 0 aliphatic carbocycles. The van der Waals surface area contributed by atoms with E-state index in [4.69, 9.17) is 22.6 Å².